The van der Waals surface area contributed by atoms with Gasteiger partial charge in [0, 0.05) is 52.5 Å². The van der Waals surface area contributed by atoms with Gasteiger partial charge in [0.2, 0.25) is 0 Å². The lowest BCUT2D eigenvalue weighted by Gasteiger charge is -2.25. The van der Waals surface area contributed by atoms with Gasteiger partial charge in [-0.15, -0.1) is 0 Å². The third-order valence-electron chi connectivity index (χ3n) is 5.51. The molecule has 2 bridgehead atoms. The van der Waals surface area contributed by atoms with Crippen LogP contribution >= 0.6 is 11.6 Å². The molecule has 1 aliphatic heterocycles. The molecule has 1 amide bonds. The standard InChI is InChI=1S/C24H26ClN5O3S/c1-13-6-9-17-20(21(13)25)14(2)33-23-22(26)27-11-19(28-23)18-10-16(29-34(4,5)32)8-7-15(18)12-30(3)24(17)31/h6-11,14H,12H2,1-5H3,(H2,26,27)/t14-/m1/s1. The molecule has 0 fully saturated rings. The van der Waals surface area contributed by atoms with Crippen molar-refractivity contribution in [2.24, 2.45) is 4.36 Å². The molecule has 0 aliphatic carbocycles. The van der Waals surface area contributed by atoms with Crippen LogP contribution in [0.3, 0.4) is 0 Å². The lowest BCUT2D eigenvalue weighted by molar-refractivity contribution is 0.0780. The van der Waals surface area contributed by atoms with Crippen LogP contribution in [0, 0.1) is 6.92 Å². The van der Waals surface area contributed by atoms with Crippen LogP contribution in [0.1, 0.15) is 40.1 Å². The molecule has 2 heterocycles. The fourth-order valence-electron chi connectivity index (χ4n) is 3.89. The summed E-state index contributed by atoms with van der Waals surface area (Å²) in [6.45, 7) is 3.96. The second-order valence-corrected chi connectivity index (χ2v) is 11.6. The normalized spacial score (nSPS) is 16.0. The highest BCUT2D eigenvalue weighted by atomic mass is 35.5. The van der Waals surface area contributed by atoms with E-state index in [1.165, 1.54) is 0 Å². The number of anilines is 1. The van der Waals surface area contributed by atoms with Crippen LogP contribution in [0.15, 0.2) is 40.9 Å². The van der Waals surface area contributed by atoms with Crippen molar-refractivity contribution in [3.05, 3.63) is 63.8 Å². The van der Waals surface area contributed by atoms with E-state index in [0.29, 0.717) is 39.6 Å². The first kappa shape index (κ1) is 24.0. The van der Waals surface area contributed by atoms with Crippen LogP contribution in [0.2, 0.25) is 5.02 Å². The Hall–Kier alpha value is -3.17. The molecule has 0 radical (unpaired) electrons. The van der Waals surface area contributed by atoms with E-state index in [4.69, 9.17) is 22.1 Å². The molecule has 1 aliphatic rings. The number of rotatable bonds is 1. The summed E-state index contributed by atoms with van der Waals surface area (Å²) in [5.41, 5.74) is 10.5. The van der Waals surface area contributed by atoms with Gasteiger partial charge in [0.1, 0.15) is 6.10 Å². The number of nitrogen functional groups attached to an aromatic ring is 1. The van der Waals surface area contributed by atoms with Crippen molar-refractivity contribution < 1.29 is 13.7 Å². The molecular formula is C24H26ClN5O3S. The average molecular weight is 500 g/mol. The van der Waals surface area contributed by atoms with Gasteiger partial charge < -0.3 is 15.4 Å². The van der Waals surface area contributed by atoms with Crippen molar-refractivity contribution in [2.75, 3.05) is 25.3 Å². The number of fused-ring (bicyclic) bond motifs is 5. The van der Waals surface area contributed by atoms with E-state index in [9.17, 15) is 9.00 Å². The maximum Gasteiger partial charge on any atom is 0.258 e. The molecule has 8 nitrogen and oxygen atoms in total. The van der Waals surface area contributed by atoms with E-state index in [2.05, 4.69) is 14.3 Å². The fraction of sp³-hybridized carbons (Fsp3) is 0.292. The van der Waals surface area contributed by atoms with Crippen LogP contribution in [0.25, 0.3) is 11.3 Å². The predicted molar refractivity (Wildman–Crippen MR) is 135 cm³/mol. The zero-order chi connectivity index (χ0) is 24.8. The van der Waals surface area contributed by atoms with E-state index >= 15 is 0 Å². The number of hydrogen-bond donors (Lipinski definition) is 1. The molecule has 10 heteroatoms. The summed E-state index contributed by atoms with van der Waals surface area (Å²) in [6, 6.07) is 8.98. The van der Waals surface area contributed by atoms with Crippen LogP contribution in [0.4, 0.5) is 11.5 Å². The van der Waals surface area contributed by atoms with E-state index in [1.807, 2.05) is 19.1 Å². The Morgan fingerprint density at radius 3 is 2.68 bits per heavy atom. The largest absolute Gasteiger partial charge is 0.467 e. The summed E-state index contributed by atoms with van der Waals surface area (Å²) in [5, 5.41) is 0.459. The highest BCUT2D eigenvalue weighted by molar-refractivity contribution is 7.92. The van der Waals surface area contributed by atoms with Gasteiger partial charge in [-0.25, -0.2) is 14.2 Å². The summed E-state index contributed by atoms with van der Waals surface area (Å²) >= 11 is 6.64. The summed E-state index contributed by atoms with van der Waals surface area (Å²) in [5.74, 6) is 0.0624. The van der Waals surface area contributed by atoms with Crippen molar-refractivity contribution in [1.29, 1.82) is 0 Å². The molecule has 2 aromatic carbocycles. The first-order chi connectivity index (χ1) is 15.9. The Morgan fingerprint density at radius 1 is 1.24 bits per heavy atom. The Bertz CT molecular complexity index is 1420. The highest BCUT2D eigenvalue weighted by Crippen LogP contribution is 2.36. The molecule has 4 rings (SSSR count). The monoisotopic (exact) mass is 499 g/mol. The van der Waals surface area contributed by atoms with Crippen molar-refractivity contribution in [1.82, 2.24) is 14.9 Å². The van der Waals surface area contributed by atoms with Gasteiger partial charge in [-0.1, -0.05) is 23.7 Å². The molecule has 0 unspecified atom stereocenters. The van der Waals surface area contributed by atoms with E-state index in [0.717, 1.165) is 11.1 Å². The van der Waals surface area contributed by atoms with Gasteiger partial charge in [0.25, 0.3) is 11.8 Å². The van der Waals surface area contributed by atoms with Crippen molar-refractivity contribution in [2.45, 2.75) is 26.5 Å². The minimum atomic E-state index is -2.37. The summed E-state index contributed by atoms with van der Waals surface area (Å²) in [7, 11) is -0.645. The molecule has 178 valence electrons. The molecule has 0 spiro atoms. The van der Waals surface area contributed by atoms with Gasteiger partial charge in [-0.05, 0) is 43.2 Å². The molecule has 3 aromatic rings. The van der Waals surface area contributed by atoms with Crippen LogP contribution < -0.4 is 10.5 Å². The molecule has 0 saturated carbocycles. The Morgan fingerprint density at radius 2 is 1.97 bits per heavy atom. The van der Waals surface area contributed by atoms with Gasteiger partial charge >= 0.3 is 0 Å². The van der Waals surface area contributed by atoms with Crippen LogP contribution in [-0.2, 0) is 16.3 Å². The number of halogens is 1. The number of carbonyl (C=O) groups excluding carboxylic acids is 1. The number of aromatic nitrogens is 2. The van der Waals surface area contributed by atoms with Gasteiger partial charge in [-0.3, -0.25) is 4.79 Å². The maximum absolute atomic E-state index is 13.5. The molecule has 1 aromatic heterocycles. The predicted octanol–water partition coefficient (Wildman–Crippen LogP) is 4.77. The van der Waals surface area contributed by atoms with Gasteiger partial charge in [-0.2, -0.15) is 4.36 Å². The summed E-state index contributed by atoms with van der Waals surface area (Å²) < 4.78 is 22.7. The third-order valence-corrected chi connectivity index (χ3v) is 6.67. The number of aryl methyl sites for hydroxylation is 1. The quantitative estimate of drug-likeness (QED) is 0.516. The zero-order valence-electron chi connectivity index (χ0n) is 19.6. The number of hydrogen-bond acceptors (Lipinski definition) is 7. The average Bonchev–Trinajstić information content (AvgIpc) is 2.75. The first-order valence-electron chi connectivity index (χ1n) is 10.6. The second-order valence-electron chi connectivity index (χ2n) is 8.64. The Labute approximate surface area is 204 Å². The van der Waals surface area contributed by atoms with Crippen molar-refractivity contribution in [3.63, 3.8) is 0 Å². The number of nitrogens with zero attached hydrogens (tertiary/aromatic N) is 4. The Balaban J connectivity index is 1.97. The minimum absolute atomic E-state index is 0.119. The second kappa shape index (κ2) is 8.88. The fourth-order valence-corrected chi connectivity index (χ4v) is 4.83. The molecular weight excluding hydrogens is 474 g/mol. The van der Waals surface area contributed by atoms with Gasteiger partial charge in [0.15, 0.2) is 5.82 Å². The molecule has 2 N–H and O–H groups in total. The van der Waals surface area contributed by atoms with E-state index in [1.54, 1.807) is 55.8 Å². The summed E-state index contributed by atoms with van der Waals surface area (Å²) in [4.78, 5) is 24.0. The number of nitrogens with two attached hydrogens (primary N) is 1. The first-order valence-corrected chi connectivity index (χ1v) is 13.3. The maximum atomic E-state index is 13.5. The highest BCUT2D eigenvalue weighted by Gasteiger charge is 2.27. The van der Waals surface area contributed by atoms with Crippen LogP contribution in [0.5, 0.6) is 5.88 Å². The molecule has 0 saturated heterocycles. The summed E-state index contributed by atoms with van der Waals surface area (Å²) in [6.07, 6.45) is 4.07. The number of benzene rings is 2. The SMILES string of the molecule is Cc1ccc2c(c1Cl)[C@@H](C)Oc1nc(cnc1N)-c1cc(N=S(C)(C)=O)ccc1CN(C)C2=O. The Kier molecular flexibility index (Phi) is 6.26. The third kappa shape index (κ3) is 4.71. The molecule has 1 atom stereocenters. The van der Waals surface area contributed by atoms with Crippen LogP contribution in [-0.4, -0.2) is 44.5 Å². The lowest BCUT2D eigenvalue weighted by Crippen LogP contribution is -2.28. The smallest absolute Gasteiger partial charge is 0.258 e. The van der Waals surface area contributed by atoms with Crippen molar-refractivity contribution >= 4 is 38.7 Å². The topological polar surface area (TPSA) is 111 Å². The van der Waals surface area contributed by atoms with E-state index < -0.39 is 15.8 Å². The van der Waals surface area contributed by atoms with Crippen molar-refractivity contribution in [3.8, 4) is 17.1 Å². The molecule has 34 heavy (non-hydrogen) atoms. The number of ether oxygens (including phenoxy) is 1. The number of carbonyl (C=O) groups is 1. The number of amides is 1. The lowest BCUT2D eigenvalue weighted by atomic mass is 9.98. The van der Waals surface area contributed by atoms with Gasteiger partial charge in [0.05, 0.1) is 22.6 Å². The zero-order valence-corrected chi connectivity index (χ0v) is 21.2. The minimum Gasteiger partial charge on any atom is -0.467 e. The van der Waals surface area contributed by atoms with E-state index in [-0.39, 0.29) is 17.6 Å².